The fraction of sp³-hybridized carbons (Fsp3) is 0.368. The van der Waals surface area contributed by atoms with Crippen LogP contribution in [0.15, 0.2) is 35.8 Å². The summed E-state index contributed by atoms with van der Waals surface area (Å²) in [5, 5.41) is 12.3. The van der Waals surface area contributed by atoms with Gasteiger partial charge in [-0.25, -0.2) is 9.67 Å². The highest BCUT2D eigenvalue weighted by atomic mass is 32.1. The third-order valence-electron chi connectivity index (χ3n) is 3.92. The molecule has 0 aliphatic carbocycles. The van der Waals surface area contributed by atoms with E-state index in [1.54, 1.807) is 23.6 Å². The molecule has 3 rings (SSSR count). The van der Waals surface area contributed by atoms with Crippen molar-refractivity contribution in [2.75, 3.05) is 18.5 Å². The molecule has 1 amide bonds. The van der Waals surface area contributed by atoms with Crippen molar-refractivity contribution in [2.45, 2.75) is 33.3 Å². The Balaban J connectivity index is 1.66. The minimum atomic E-state index is -2.95. The highest BCUT2D eigenvalue weighted by Crippen LogP contribution is 2.33. The predicted octanol–water partition coefficient (Wildman–Crippen LogP) is 3.65. The maximum Gasteiger partial charge on any atom is 0.387 e. The smallest absolute Gasteiger partial charge is 0.387 e. The van der Waals surface area contributed by atoms with E-state index in [1.165, 1.54) is 16.9 Å². The summed E-state index contributed by atoms with van der Waals surface area (Å²) >= 11 is 1.14. The summed E-state index contributed by atoms with van der Waals surface area (Å²) in [5.41, 5.74) is 0.879. The van der Waals surface area contributed by atoms with Crippen molar-refractivity contribution in [3.63, 3.8) is 0 Å². The Bertz CT molecular complexity index is 991. The Morgan fingerprint density at radius 1 is 1.23 bits per heavy atom. The molecule has 0 saturated carbocycles. The number of alkyl halides is 2. The molecule has 0 fully saturated rings. The number of para-hydroxylation sites is 1. The first kappa shape index (κ1) is 22.7. The second-order valence-electron chi connectivity index (χ2n) is 6.03. The Kier molecular flexibility index (Phi) is 7.98. The van der Waals surface area contributed by atoms with Crippen LogP contribution >= 0.6 is 11.3 Å². The van der Waals surface area contributed by atoms with Gasteiger partial charge in [-0.1, -0.05) is 17.3 Å². The predicted molar refractivity (Wildman–Crippen MR) is 109 cm³/mol. The van der Waals surface area contributed by atoms with Crippen LogP contribution in [0.2, 0.25) is 0 Å². The molecule has 0 atom stereocenters. The van der Waals surface area contributed by atoms with Crippen molar-refractivity contribution in [1.29, 1.82) is 0 Å². The summed E-state index contributed by atoms with van der Waals surface area (Å²) in [4.78, 5) is 16.8. The van der Waals surface area contributed by atoms with Crippen LogP contribution in [0.5, 0.6) is 5.75 Å². The normalized spacial score (nSPS) is 11.3. The lowest BCUT2D eigenvalue weighted by Crippen LogP contribution is -2.24. The van der Waals surface area contributed by atoms with Gasteiger partial charge in [-0.05, 0) is 26.0 Å². The number of rotatable bonds is 11. The van der Waals surface area contributed by atoms with Gasteiger partial charge in [0.2, 0.25) is 0 Å². The first-order chi connectivity index (χ1) is 15.0. The quantitative estimate of drug-likeness (QED) is 0.442. The van der Waals surface area contributed by atoms with Crippen LogP contribution in [-0.4, -0.2) is 52.0 Å². The molecule has 0 spiro atoms. The van der Waals surface area contributed by atoms with Gasteiger partial charge in [-0.2, -0.15) is 8.78 Å². The molecule has 1 N–H and O–H groups in total. The summed E-state index contributed by atoms with van der Waals surface area (Å²) in [5.74, 6) is -0.504. The van der Waals surface area contributed by atoms with Crippen LogP contribution in [0.25, 0.3) is 11.3 Å². The molecule has 3 aromatic rings. The van der Waals surface area contributed by atoms with Crippen molar-refractivity contribution < 1.29 is 27.8 Å². The average molecular weight is 453 g/mol. The molecule has 31 heavy (non-hydrogen) atoms. The Morgan fingerprint density at radius 3 is 2.68 bits per heavy atom. The summed E-state index contributed by atoms with van der Waals surface area (Å²) in [6.45, 7) is 1.99. The van der Waals surface area contributed by atoms with E-state index in [9.17, 15) is 13.6 Å². The van der Waals surface area contributed by atoms with Gasteiger partial charge in [0.15, 0.2) is 17.1 Å². The number of hydrogen-bond acceptors (Lipinski definition) is 8. The molecule has 9 nitrogen and oxygen atoms in total. The zero-order valence-corrected chi connectivity index (χ0v) is 17.6. The van der Waals surface area contributed by atoms with Gasteiger partial charge in [0, 0.05) is 24.2 Å². The first-order valence-corrected chi connectivity index (χ1v) is 10.3. The fourth-order valence-corrected chi connectivity index (χ4v) is 3.37. The van der Waals surface area contributed by atoms with Crippen molar-refractivity contribution in [3.05, 3.63) is 41.5 Å². The molecule has 0 aliphatic heterocycles. The number of halogens is 2. The number of benzene rings is 1. The molecule has 0 radical (unpaired) electrons. The molecule has 0 bridgehead atoms. The summed E-state index contributed by atoms with van der Waals surface area (Å²) < 4.78 is 42.1. The van der Waals surface area contributed by atoms with E-state index < -0.39 is 18.8 Å². The Labute approximate surface area is 181 Å². The number of nitrogens with one attached hydrogen (secondary N) is 1. The van der Waals surface area contributed by atoms with Gasteiger partial charge in [0.05, 0.1) is 18.4 Å². The topological polar surface area (TPSA) is 100 Å². The van der Waals surface area contributed by atoms with Crippen molar-refractivity contribution in [1.82, 2.24) is 20.0 Å². The Morgan fingerprint density at radius 2 is 1.97 bits per heavy atom. The summed E-state index contributed by atoms with van der Waals surface area (Å²) in [7, 11) is 0. The van der Waals surface area contributed by atoms with Crippen LogP contribution in [0.1, 0.15) is 24.3 Å². The Hall–Kier alpha value is -2.96. The zero-order chi connectivity index (χ0) is 22.2. The molecule has 2 heterocycles. The van der Waals surface area contributed by atoms with Crippen molar-refractivity contribution in [2.24, 2.45) is 0 Å². The largest absolute Gasteiger partial charge is 0.434 e. The second kappa shape index (κ2) is 10.9. The molecule has 166 valence electrons. The number of thiazole rings is 1. The number of carbonyl (C=O) groups excluding carboxylic acids is 1. The molecule has 0 unspecified atom stereocenters. The maximum atomic E-state index is 12.6. The maximum absolute atomic E-state index is 12.6. The molecule has 1 aromatic carbocycles. The third-order valence-corrected chi connectivity index (χ3v) is 4.67. The molecular weight excluding hydrogens is 432 g/mol. The molecule has 12 heteroatoms. The third kappa shape index (κ3) is 6.26. The van der Waals surface area contributed by atoms with Gasteiger partial charge >= 0.3 is 6.61 Å². The zero-order valence-electron chi connectivity index (χ0n) is 16.8. The highest BCUT2D eigenvalue weighted by molar-refractivity contribution is 7.14. The molecule has 0 saturated heterocycles. The van der Waals surface area contributed by atoms with Gasteiger partial charge < -0.3 is 14.2 Å². The number of carbonyl (C=O) groups is 1. The molecule has 2 aromatic heterocycles. The van der Waals surface area contributed by atoms with E-state index in [1.807, 2.05) is 13.8 Å². The van der Waals surface area contributed by atoms with Gasteiger partial charge in [0.25, 0.3) is 5.91 Å². The van der Waals surface area contributed by atoms with Crippen LogP contribution in [0.3, 0.4) is 0 Å². The minimum absolute atomic E-state index is 0.00164. The summed E-state index contributed by atoms with van der Waals surface area (Å²) in [6, 6.07) is 6.30. The van der Waals surface area contributed by atoms with E-state index in [4.69, 9.17) is 9.47 Å². The number of anilines is 1. The van der Waals surface area contributed by atoms with Crippen LogP contribution in [-0.2, 0) is 16.0 Å². The number of ether oxygens (including phenoxy) is 3. The van der Waals surface area contributed by atoms with Crippen LogP contribution < -0.4 is 10.1 Å². The van der Waals surface area contributed by atoms with Crippen LogP contribution in [0.4, 0.5) is 13.9 Å². The van der Waals surface area contributed by atoms with Gasteiger partial charge in [0.1, 0.15) is 5.75 Å². The second-order valence-corrected chi connectivity index (χ2v) is 6.89. The number of amides is 1. The van der Waals surface area contributed by atoms with Gasteiger partial charge in [-0.15, -0.1) is 16.4 Å². The van der Waals surface area contributed by atoms with Crippen LogP contribution in [0, 0.1) is 0 Å². The first-order valence-electron chi connectivity index (χ1n) is 9.44. The lowest BCUT2D eigenvalue weighted by atomic mass is 10.1. The highest BCUT2D eigenvalue weighted by Gasteiger charge is 2.17. The minimum Gasteiger partial charge on any atom is -0.434 e. The number of aromatic nitrogens is 4. The number of hydrogen-bond donors (Lipinski definition) is 1. The van der Waals surface area contributed by atoms with E-state index in [0.717, 1.165) is 11.3 Å². The lowest BCUT2D eigenvalue weighted by Gasteiger charge is -2.16. The molecular formula is C19H21F2N5O4S. The molecule has 0 aliphatic rings. The lowest BCUT2D eigenvalue weighted by molar-refractivity contribution is -0.145. The average Bonchev–Trinajstić information content (AvgIpc) is 3.38. The van der Waals surface area contributed by atoms with E-state index >= 15 is 0 Å². The van der Waals surface area contributed by atoms with Crippen molar-refractivity contribution >= 4 is 22.4 Å². The monoisotopic (exact) mass is 453 g/mol. The van der Waals surface area contributed by atoms with E-state index in [0.29, 0.717) is 24.5 Å². The fourth-order valence-electron chi connectivity index (χ4n) is 2.66. The van der Waals surface area contributed by atoms with Crippen molar-refractivity contribution in [3.8, 4) is 17.0 Å². The van der Waals surface area contributed by atoms with E-state index in [-0.39, 0.29) is 23.1 Å². The number of nitrogens with zero attached hydrogens (tertiary/aromatic N) is 4. The van der Waals surface area contributed by atoms with E-state index in [2.05, 4.69) is 25.3 Å². The standard InChI is InChI=1S/C19H21F2N5O4S/c1-3-28-16(29-4-2)10-26-9-13(24-25-26)17(27)23-19-22-14(11-31-19)12-7-5-6-8-15(12)30-18(20)21/h5-9,11,16,18H,3-4,10H2,1-2H3,(H,22,23,27). The van der Waals surface area contributed by atoms with Gasteiger partial charge in [-0.3, -0.25) is 10.1 Å². The summed E-state index contributed by atoms with van der Waals surface area (Å²) in [6.07, 6.45) is 0.977. The SMILES string of the molecule is CCOC(Cn1cc(C(=O)Nc2nc(-c3ccccc3OC(F)F)cs2)nn1)OCC.